The van der Waals surface area contributed by atoms with Gasteiger partial charge >= 0.3 is 11.9 Å². The van der Waals surface area contributed by atoms with Crippen LogP contribution in [0.25, 0.3) is 5.03 Å². The predicted octanol–water partition coefficient (Wildman–Crippen LogP) is 3.07. The highest BCUT2D eigenvalue weighted by Crippen LogP contribution is 2.35. The lowest BCUT2D eigenvalue weighted by Gasteiger charge is -2.18. The molecular formula is C16H13ClO5. The van der Waals surface area contributed by atoms with Gasteiger partial charge in [-0.1, -0.05) is 35.9 Å². The van der Waals surface area contributed by atoms with E-state index in [1.807, 2.05) is 18.2 Å². The second kappa shape index (κ2) is 6.49. The van der Waals surface area contributed by atoms with E-state index in [2.05, 4.69) is 0 Å². The monoisotopic (exact) mass is 320 g/mol. The molecule has 0 atom stereocenters. The summed E-state index contributed by atoms with van der Waals surface area (Å²) in [6.45, 7) is 1.65. The Bertz CT molecular complexity index is 712. The highest BCUT2D eigenvalue weighted by molar-refractivity contribution is 6.50. The van der Waals surface area contributed by atoms with Gasteiger partial charge in [-0.25, -0.2) is 9.59 Å². The number of aliphatic carboxylic acids is 2. The minimum absolute atomic E-state index is 0.121. The summed E-state index contributed by atoms with van der Waals surface area (Å²) >= 11 is 6.30. The molecule has 2 rings (SSSR count). The van der Waals surface area contributed by atoms with Crippen molar-refractivity contribution in [1.29, 1.82) is 0 Å². The maximum Gasteiger partial charge on any atom is 0.343 e. The Morgan fingerprint density at radius 3 is 2.50 bits per heavy atom. The van der Waals surface area contributed by atoms with Crippen LogP contribution in [0.4, 0.5) is 0 Å². The summed E-state index contributed by atoms with van der Waals surface area (Å²) in [7, 11) is 0. The van der Waals surface area contributed by atoms with Crippen LogP contribution < -0.4 is 4.74 Å². The number of benzene rings is 1. The topological polar surface area (TPSA) is 83.8 Å². The van der Waals surface area contributed by atoms with Gasteiger partial charge in [0.2, 0.25) is 0 Å². The number of hydrogen-bond acceptors (Lipinski definition) is 3. The Kier molecular flexibility index (Phi) is 4.68. The Balaban J connectivity index is 2.37. The smallest absolute Gasteiger partial charge is 0.343 e. The van der Waals surface area contributed by atoms with Gasteiger partial charge in [0.15, 0.2) is 0 Å². The molecule has 0 fully saturated rings. The van der Waals surface area contributed by atoms with Crippen molar-refractivity contribution in [2.24, 2.45) is 0 Å². The van der Waals surface area contributed by atoms with E-state index in [0.717, 1.165) is 5.56 Å². The molecule has 0 saturated heterocycles. The van der Waals surface area contributed by atoms with Gasteiger partial charge in [0.25, 0.3) is 0 Å². The van der Waals surface area contributed by atoms with Gasteiger partial charge in [-0.05, 0) is 24.6 Å². The number of carboxylic acid groups (broad SMARTS) is 2. The second-order valence-electron chi connectivity index (χ2n) is 4.63. The third kappa shape index (κ3) is 3.20. The summed E-state index contributed by atoms with van der Waals surface area (Å²) in [6, 6.07) is 7.28. The third-order valence-electron chi connectivity index (χ3n) is 3.15. The lowest BCUT2D eigenvalue weighted by Crippen LogP contribution is -2.13. The molecule has 0 unspecified atom stereocenters. The van der Waals surface area contributed by atoms with Crippen molar-refractivity contribution < 1.29 is 24.5 Å². The lowest BCUT2D eigenvalue weighted by molar-refractivity contribution is -0.140. The normalized spacial score (nSPS) is 13.5. The molecule has 0 spiro atoms. The molecule has 0 radical (unpaired) electrons. The van der Waals surface area contributed by atoms with Gasteiger partial charge in [-0.3, -0.25) is 0 Å². The summed E-state index contributed by atoms with van der Waals surface area (Å²) in [5.74, 6) is -2.30. The van der Waals surface area contributed by atoms with E-state index in [1.54, 1.807) is 12.1 Å². The molecule has 1 aliphatic rings. The van der Waals surface area contributed by atoms with Gasteiger partial charge in [-0.15, -0.1) is 0 Å². The number of para-hydroxylation sites is 1. The molecular weight excluding hydrogens is 308 g/mol. The second-order valence-corrected chi connectivity index (χ2v) is 5.00. The van der Waals surface area contributed by atoms with Crippen molar-refractivity contribution >= 4 is 28.6 Å². The minimum atomic E-state index is -1.49. The molecule has 22 heavy (non-hydrogen) atoms. The summed E-state index contributed by atoms with van der Waals surface area (Å²) in [5, 5.41) is 18.3. The number of allylic oxidation sites excluding steroid dienone is 2. The molecule has 6 heteroatoms. The van der Waals surface area contributed by atoms with Gasteiger partial charge in [0, 0.05) is 11.1 Å². The van der Waals surface area contributed by atoms with Crippen molar-refractivity contribution in [3.8, 4) is 5.75 Å². The molecule has 0 saturated carbocycles. The number of carbonyl (C=O) groups is 2. The molecule has 0 aliphatic carbocycles. The van der Waals surface area contributed by atoms with Gasteiger partial charge < -0.3 is 14.9 Å². The van der Waals surface area contributed by atoms with E-state index < -0.39 is 17.5 Å². The maximum atomic E-state index is 10.9. The summed E-state index contributed by atoms with van der Waals surface area (Å²) in [5.41, 5.74) is 0.837. The van der Waals surface area contributed by atoms with Gasteiger partial charge in [0.05, 0.1) is 5.03 Å². The molecule has 1 heterocycles. The van der Waals surface area contributed by atoms with E-state index in [9.17, 15) is 9.59 Å². The minimum Gasteiger partial charge on any atom is -0.488 e. The van der Waals surface area contributed by atoms with Crippen molar-refractivity contribution in [2.75, 3.05) is 6.61 Å². The van der Waals surface area contributed by atoms with Crippen LogP contribution in [0.1, 0.15) is 12.5 Å². The van der Waals surface area contributed by atoms with E-state index in [0.29, 0.717) is 16.4 Å². The zero-order valence-corrected chi connectivity index (χ0v) is 12.4. The highest BCUT2D eigenvalue weighted by Gasteiger charge is 2.19. The Hall–Kier alpha value is -2.53. The van der Waals surface area contributed by atoms with E-state index in [4.69, 9.17) is 26.6 Å². The molecule has 2 N–H and O–H groups in total. The van der Waals surface area contributed by atoms with Crippen molar-refractivity contribution in [1.82, 2.24) is 0 Å². The largest absolute Gasteiger partial charge is 0.488 e. The van der Waals surface area contributed by atoms with Crippen molar-refractivity contribution in [2.45, 2.75) is 6.92 Å². The standard InChI is InChI=1S/C16H13ClO5/c1-9(13(15(18)19)16(20)21)6-7-10-8-22-12-5-3-2-4-11(12)14(10)17/h2-7H,8H2,1H3,(H,18,19)(H,20,21)/b7-6+. The van der Waals surface area contributed by atoms with Crippen LogP contribution in [0.15, 0.2) is 53.1 Å². The van der Waals surface area contributed by atoms with E-state index in [1.165, 1.54) is 13.0 Å². The fourth-order valence-electron chi connectivity index (χ4n) is 2.02. The van der Waals surface area contributed by atoms with Crippen LogP contribution in [0.3, 0.4) is 0 Å². The zero-order valence-electron chi connectivity index (χ0n) is 11.7. The molecule has 0 amide bonds. The van der Waals surface area contributed by atoms with Crippen molar-refractivity contribution in [3.63, 3.8) is 0 Å². The van der Waals surface area contributed by atoms with Crippen LogP contribution >= 0.6 is 11.6 Å². The first-order valence-electron chi connectivity index (χ1n) is 6.38. The lowest BCUT2D eigenvalue weighted by atomic mass is 10.0. The molecule has 1 aromatic carbocycles. The van der Waals surface area contributed by atoms with Gasteiger partial charge in [0.1, 0.15) is 17.9 Å². The molecule has 114 valence electrons. The predicted molar refractivity (Wildman–Crippen MR) is 81.8 cm³/mol. The van der Waals surface area contributed by atoms with Crippen LogP contribution in [0.2, 0.25) is 0 Å². The zero-order chi connectivity index (χ0) is 16.3. The fourth-order valence-corrected chi connectivity index (χ4v) is 2.30. The number of rotatable bonds is 4. The van der Waals surface area contributed by atoms with Gasteiger partial charge in [-0.2, -0.15) is 0 Å². The molecule has 5 nitrogen and oxygen atoms in total. The number of fused-ring (bicyclic) bond motifs is 1. The summed E-state index contributed by atoms with van der Waals surface area (Å²) in [6.07, 6.45) is 2.98. The van der Waals surface area contributed by atoms with E-state index >= 15 is 0 Å². The first-order chi connectivity index (χ1) is 10.4. The molecule has 0 aromatic heterocycles. The highest BCUT2D eigenvalue weighted by atomic mass is 35.5. The Labute approximate surface area is 131 Å². The number of hydrogen-bond donors (Lipinski definition) is 2. The van der Waals surface area contributed by atoms with Crippen LogP contribution in [-0.2, 0) is 9.59 Å². The van der Waals surface area contributed by atoms with E-state index in [-0.39, 0.29) is 12.2 Å². The summed E-state index contributed by atoms with van der Waals surface area (Å²) in [4.78, 5) is 21.9. The quantitative estimate of drug-likeness (QED) is 0.385. The molecule has 1 aliphatic heterocycles. The maximum absolute atomic E-state index is 10.9. The third-order valence-corrected chi connectivity index (χ3v) is 3.59. The van der Waals surface area contributed by atoms with Crippen molar-refractivity contribution in [3.05, 3.63) is 58.7 Å². The molecule has 0 bridgehead atoms. The van der Waals surface area contributed by atoms with Crippen LogP contribution in [-0.4, -0.2) is 28.8 Å². The SMILES string of the molecule is CC(/C=C/C1=C(Cl)c2ccccc2OC1)=C(C(=O)O)C(=O)O. The summed E-state index contributed by atoms with van der Waals surface area (Å²) < 4.78 is 5.55. The molecule has 1 aromatic rings. The Morgan fingerprint density at radius 1 is 1.23 bits per heavy atom. The number of ether oxygens (including phenoxy) is 1. The number of carboxylic acids is 2. The Morgan fingerprint density at radius 2 is 1.86 bits per heavy atom. The fraction of sp³-hybridized carbons (Fsp3) is 0.125. The number of halogens is 1. The average Bonchev–Trinajstić information content (AvgIpc) is 2.46. The van der Waals surface area contributed by atoms with Crippen LogP contribution in [0, 0.1) is 0 Å². The first-order valence-corrected chi connectivity index (χ1v) is 6.76. The van der Waals surface area contributed by atoms with Crippen LogP contribution in [0.5, 0.6) is 5.75 Å². The average molecular weight is 321 g/mol. The first kappa shape index (κ1) is 15.9.